The van der Waals surface area contributed by atoms with E-state index < -0.39 is 6.04 Å². The van der Waals surface area contributed by atoms with Gasteiger partial charge in [-0.1, -0.05) is 19.4 Å². The van der Waals surface area contributed by atoms with Gasteiger partial charge in [0.25, 0.3) is 5.91 Å². The predicted octanol–water partition coefficient (Wildman–Crippen LogP) is 2.25. The number of hydrogen-bond acceptors (Lipinski definition) is 4. The SMILES string of the molecule is CCCC(N)C(=O)Nc1cc(C(=O)N2CCSCC2)ccc1C. The third kappa shape index (κ3) is 4.72. The summed E-state index contributed by atoms with van der Waals surface area (Å²) in [7, 11) is 0. The number of anilines is 1. The first kappa shape index (κ1) is 17.8. The Balaban J connectivity index is 2.11. The maximum atomic E-state index is 12.6. The summed E-state index contributed by atoms with van der Waals surface area (Å²) in [4.78, 5) is 26.5. The fourth-order valence-electron chi connectivity index (χ4n) is 2.51. The molecule has 1 aromatic rings. The average molecular weight is 335 g/mol. The zero-order valence-corrected chi connectivity index (χ0v) is 14.6. The van der Waals surface area contributed by atoms with Crippen molar-refractivity contribution < 1.29 is 9.59 Å². The maximum Gasteiger partial charge on any atom is 0.253 e. The van der Waals surface area contributed by atoms with E-state index in [1.54, 1.807) is 6.07 Å². The fraction of sp³-hybridized carbons (Fsp3) is 0.529. The van der Waals surface area contributed by atoms with Gasteiger partial charge < -0.3 is 16.0 Å². The Kier molecular flexibility index (Phi) is 6.47. The summed E-state index contributed by atoms with van der Waals surface area (Å²) < 4.78 is 0. The number of thioether (sulfide) groups is 1. The van der Waals surface area contributed by atoms with Gasteiger partial charge in [0.2, 0.25) is 5.91 Å². The van der Waals surface area contributed by atoms with E-state index in [4.69, 9.17) is 5.73 Å². The quantitative estimate of drug-likeness (QED) is 0.865. The van der Waals surface area contributed by atoms with Gasteiger partial charge in [0.1, 0.15) is 0 Å². The molecule has 2 rings (SSSR count). The lowest BCUT2D eigenvalue weighted by atomic mass is 10.1. The van der Waals surface area contributed by atoms with E-state index in [1.165, 1.54) is 0 Å². The molecule has 0 spiro atoms. The summed E-state index contributed by atoms with van der Waals surface area (Å²) in [6.45, 7) is 5.46. The maximum absolute atomic E-state index is 12.6. The van der Waals surface area contributed by atoms with E-state index in [1.807, 2.05) is 42.6 Å². The van der Waals surface area contributed by atoms with Gasteiger partial charge in [0, 0.05) is 35.8 Å². The van der Waals surface area contributed by atoms with Crippen molar-refractivity contribution in [2.24, 2.45) is 5.73 Å². The van der Waals surface area contributed by atoms with Gasteiger partial charge in [-0.15, -0.1) is 0 Å². The highest BCUT2D eigenvalue weighted by Gasteiger charge is 2.20. The number of benzene rings is 1. The Morgan fingerprint density at radius 2 is 2.04 bits per heavy atom. The molecule has 126 valence electrons. The van der Waals surface area contributed by atoms with E-state index in [2.05, 4.69) is 5.32 Å². The summed E-state index contributed by atoms with van der Waals surface area (Å²) in [6, 6.07) is 4.93. The first-order valence-corrected chi connectivity index (χ1v) is 9.22. The van der Waals surface area contributed by atoms with Crippen LogP contribution in [0.5, 0.6) is 0 Å². The molecule has 0 aliphatic carbocycles. The van der Waals surface area contributed by atoms with Crippen LogP contribution < -0.4 is 11.1 Å². The Morgan fingerprint density at radius 3 is 2.70 bits per heavy atom. The molecular formula is C17H25N3O2S. The largest absolute Gasteiger partial charge is 0.337 e. The zero-order chi connectivity index (χ0) is 16.8. The molecule has 1 aromatic carbocycles. The van der Waals surface area contributed by atoms with E-state index in [0.717, 1.165) is 36.6 Å². The van der Waals surface area contributed by atoms with Crippen molar-refractivity contribution >= 4 is 29.3 Å². The van der Waals surface area contributed by atoms with Crippen molar-refractivity contribution in [1.29, 1.82) is 0 Å². The molecule has 3 N–H and O–H groups in total. The number of carbonyl (C=O) groups excluding carboxylic acids is 2. The van der Waals surface area contributed by atoms with Crippen LogP contribution in [0.1, 0.15) is 35.7 Å². The molecule has 1 saturated heterocycles. The van der Waals surface area contributed by atoms with Crippen molar-refractivity contribution in [2.45, 2.75) is 32.7 Å². The third-order valence-electron chi connectivity index (χ3n) is 3.98. The lowest BCUT2D eigenvalue weighted by Crippen LogP contribution is -2.38. The zero-order valence-electron chi connectivity index (χ0n) is 13.8. The van der Waals surface area contributed by atoms with E-state index >= 15 is 0 Å². The van der Waals surface area contributed by atoms with Crippen molar-refractivity contribution in [2.75, 3.05) is 29.9 Å². The molecule has 2 amide bonds. The monoisotopic (exact) mass is 335 g/mol. The van der Waals surface area contributed by atoms with Crippen LogP contribution in [0.2, 0.25) is 0 Å². The lowest BCUT2D eigenvalue weighted by Gasteiger charge is -2.26. The molecule has 1 heterocycles. The first-order chi connectivity index (χ1) is 11.0. The number of hydrogen-bond donors (Lipinski definition) is 2. The number of amides is 2. The minimum Gasteiger partial charge on any atom is -0.337 e. The highest BCUT2D eigenvalue weighted by atomic mass is 32.2. The summed E-state index contributed by atoms with van der Waals surface area (Å²) >= 11 is 1.87. The molecule has 1 unspecified atom stereocenters. The van der Waals surface area contributed by atoms with Gasteiger partial charge in [-0.3, -0.25) is 9.59 Å². The molecule has 5 nitrogen and oxygen atoms in total. The van der Waals surface area contributed by atoms with Crippen LogP contribution in [0.25, 0.3) is 0 Å². The molecule has 1 aliphatic rings. The fourth-order valence-corrected chi connectivity index (χ4v) is 3.41. The number of aryl methyl sites for hydroxylation is 1. The number of nitrogens with two attached hydrogens (primary N) is 1. The molecule has 0 radical (unpaired) electrons. The van der Waals surface area contributed by atoms with E-state index in [9.17, 15) is 9.59 Å². The van der Waals surface area contributed by atoms with Crippen molar-refractivity contribution in [3.8, 4) is 0 Å². The highest BCUT2D eigenvalue weighted by Crippen LogP contribution is 2.20. The van der Waals surface area contributed by atoms with Crippen LogP contribution in [-0.2, 0) is 4.79 Å². The van der Waals surface area contributed by atoms with Crippen LogP contribution in [0.3, 0.4) is 0 Å². The number of rotatable bonds is 5. The second kappa shape index (κ2) is 8.36. The van der Waals surface area contributed by atoms with Crippen molar-refractivity contribution in [3.63, 3.8) is 0 Å². The van der Waals surface area contributed by atoms with E-state index in [-0.39, 0.29) is 11.8 Å². The summed E-state index contributed by atoms with van der Waals surface area (Å²) in [5.74, 6) is 1.78. The second-order valence-electron chi connectivity index (χ2n) is 5.82. The van der Waals surface area contributed by atoms with Gasteiger partial charge in [0.05, 0.1) is 6.04 Å². The van der Waals surface area contributed by atoms with Crippen LogP contribution in [0, 0.1) is 6.92 Å². The topological polar surface area (TPSA) is 75.4 Å². The highest BCUT2D eigenvalue weighted by molar-refractivity contribution is 7.99. The summed E-state index contributed by atoms with van der Waals surface area (Å²) in [5.41, 5.74) is 8.05. The van der Waals surface area contributed by atoms with Gasteiger partial charge in [0.15, 0.2) is 0 Å². The number of nitrogens with one attached hydrogen (secondary N) is 1. The average Bonchev–Trinajstić information content (AvgIpc) is 2.57. The molecule has 0 bridgehead atoms. The minimum atomic E-state index is -0.516. The minimum absolute atomic E-state index is 0.0265. The van der Waals surface area contributed by atoms with E-state index in [0.29, 0.717) is 17.7 Å². The Labute approximate surface area is 142 Å². The van der Waals surface area contributed by atoms with Gasteiger partial charge in [-0.05, 0) is 31.0 Å². The standard InChI is InChI=1S/C17H25N3O2S/c1-3-4-14(18)16(21)19-15-11-13(6-5-12(15)2)17(22)20-7-9-23-10-8-20/h5-6,11,14H,3-4,7-10,18H2,1-2H3,(H,19,21). The van der Waals surface area contributed by atoms with Crippen LogP contribution in [-0.4, -0.2) is 47.4 Å². The van der Waals surface area contributed by atoms with Crippen molar-refractivity contribution in [3.05, 3.63) is 29.3 Å². The Morgan fingerprint density at radius 1 is 1.35 bits per heavy atom. The molecular weight excluding hydrogens is 310 g/mol. The Hall–Kier alpha value is -1.53. The first-order valence-electron chi connectivity index (χ1n) is 8.07. The molecule has 1 atom stereocenters. The number of nitrogens with zero attached hydrogens (tertiary/aromatic N) is 1. The molecule has 0 saturated carbocycles. The molecule has 6 heteroatoms. The van der Waals surface area contributed by atoms with Crippen LogP contribution >= 0.6 is 11.8 Å². The molecule has 1 aliphatic heterocycles. The molecule has 1 fully saturated rings. The van der Waals surface area contributed by atoms with Crippen LogP contribution in [0.4, 0.5) is 5.69 Å². The smallest absolute Gasteiger partial charge is 0.253 e. The Bertz CT molecular complexity index is 571. The van der Waals surface area contributed by atoms with Crippen LogP contribution in [0.15, 0.2) is 18.2 Å². The molecule has 23 heavy (non-hydrogen) atoms. The second-order valence-corrected chi connectivity index (χ2v) is 7.04. The molecule has 0 aromatic heterocycles. The number of carbonyl (C=O) groups is 2. The third-order valence-corrected chi connectivity index (χ3v) is 4.92. The summed E-state index contributed by atoms with van der Waals surface area (Å²) in [5, 5.41) is 2.85. The van der Waals surface area contributed by atoms with Gasteiger partial charge in [-0.25, -0.2) is 0 Å². The van der Waals surface area contributed by atoms with Gasteiger partial charge in [-0.2, -0.15) is 11.8 Å². The normalized spacial score (nSPS) is 16.0. The summed E-state index contributed by atoms with van der Waals surface area (Å²) in [6.07, 6.45) is 1.51. The van der Waals surface area contributed by atoms with Gasteiger partial charge >= 0.3 is 0 Å². The van der Waals surface area contributed by atoms with Crippen molar-refractivity contribution in [1.82, 2.24) is 4.90 Å². The predicted molar refractivity (Wildman–Crippen MR) is 95.9 cm³/mol. The lowest BCUT2D eigenvalue weighted by molar-refractivity contribution is -0.117.